The molecule has 0 atom stereocenters. The third-order valence-electron chi connectivity index (χ3n) is 2.93. The fourth-order valence-electron chi connectivity index (χ4n) is 1.85. The van der Waals surface area contributed by atoms with E-state index in [1.807, 2.05) is 0 Å². The third-order valence-corrected chi connectivity index (χ3v) is 3.28. The first kappa shape index (κ1) is 14.6. The lowest BCUT2D eigenvalue weighted by Gasteiger charge is -2.13. The van der Waals surface area contributed by atoms with Gasteiger partial charge in [0.15, 0.2) is 11.6 Å². The van der Waals surface area contributed by atoms with Crippen LogP contribution in [-0.4, -0.2) is 7.11 Å². The largest absolute Gasteiger partial charge is 0.494 e. The van der Waals surface area contributed by atoms with Crippen LogP contribution in [0.25, 0.3) is 0 Å². The van der Waals surface area contributed by atoms with E-state index >= 15 is 0 Å². The summed E-state index contributed by atoms with van der Waals surface area (Å²) < 4.78 is 24.5. The molecule has 3 nitrogen and oxygen atoms in total. The van der Waals surface area contributed by atoms with Gasteiger partial charge in [-0.1, -0.05) is 29.8 Å². The van der Waals surface area contributed by atoms with Gasteiger partial charge >= 0.3 is 0 Å². The van der Waals surface area contributed by atoms with Crippen LogP contribution in [0.2, 0.25) is 5.02 Å². The maximum atomic E-state index is 14.0. The number of rotatable bonds is 5. The molecule has 0 saturated heterocycles. The van der Waals surface area contributed by atoms with Crippen LogP contribution in [-0.2, 0) is 13.2 Å². The summed E-state index contributed by atoms with van der Waals surface area (Å²) in [6.45, 7) is 0.339. The molecule has 2 N–H and O–H groups in total. The van der Waals surface area contributed by atoms with Gasteiger partial charge in [0, 0.05) is 22.7 Å². The van der Waals surface area contributed by atoms with Crippen molar-refractivity contribution in [3.8, 4) is 11.5 Å². The lowest BCUT2D eigenvalue weighted by atomic mass is 10.2. The predicted molar refractivity (Wildman–Crippen MR) is 76.6 cm³/mol. The quantitative estimate of drug-likeness (QED) is 0.918. The van der Waals surface area contributed by atoms with Crippen LogP contribution in [0.3, 0.4) is 0 Å². The fraction of sp³-hybridized carbons (Fsp3) is 0.200. The van der Waals surface area contributed by atoms with Crippen LogP contribution in [0.5, 0.6) is 11.5 Å². The Bertz CT molecular complexity index is 604. The van der Waals surface area contributed by atoms with Crippen molar-refractivity contribution in [2.45, 2.75) is 13.2 Å². The van der Waals surface area contributed by atoms with Gasteiger partial charge in [-0.05, 0) is 18.2 Å². The molecule has 0 spiro atoms. The summed E-state index contributed by atoms with van der Waals surface area (Å²) in [6, 6.07) is 10.2. The summed E-state index contributed by atoms with van der Waals surface area (Å²) in [5.41, 5.74) is 6.75. The van der Waals surface area contributed by atoms with Gasteiger partial charge in [0.05, 0.1) is 7.11 Å². The van der Waals surface area contributed by atoms with Crippen molar-refractivity contribution >= 4 is 11.6 Å². The Kier molecular flexibility index (Phi) is 4.82. The molecule has 0 aliphatic heterocycles. The Morgan fingerprint density at radius 3 is 2.55 bits per heavy atom. The highest BCUT2D eigenvalue weighted by atomic mass is 35.5. The molecule has 5 heteroatoms. The van der Waals surface area contributed by atoms with E-state index in [4.69, 9.17) is 26.8 Å². The Morgan fingerprint density at radius 1 is 1.15 bits per heavy atom. The van der Waals surface area contributed by atoms with Crippen molar-refractivity contribution in [3.05, 3.63) is 58.4 Å². The minimum absolute atomic E-state index is 0.0797. The highest BCUT2D eigenvalue weighted by Crippen LogP contribution is 2.27. The second kappa shape index (κ2) is 6.59. The Hall–Kier alpha value is -1.78. The number of hydrogen-bond acceptors (Lipinski definition) is 3. The Labute approximate surface area is 122 Å². The predicted octanol–water partition coefficient (Wildman–Crippen LogP) is 3.53. The lowest BCUT2D eigenvalue weighted by Crippen LogP contribution is -2.05. The number of halogens is 2. The molecule has 0 heterocycles. The molecule has 0 unspecified atom stereocenters. The summed E-state index contributed by atoms with van der Waals surface area (Å²) in [7, 11) is 1.42. The number of ether oxygens (including phenoxy) is 2. The normalized spacial score (nSPS) is 10.4. The minimum Gasteiger partial charge on any atom is -0.494 e. The number of benzene rings is 2. The van der Waals surface area contributed by atoms with Crippen molar-refractivity contribution < 1.29 is 13.9 Å². The third kappa shape index (κ3) is 3.03. The first-order valence-electron chi connectivity index (χ1n) is 6.09. The second-order valence-electron chi connectivity index (χ2n) is 4.14. The van der Waals surface area contributed by atoms with Gasteiger partial charge in [-0.15, -0.1) is 0 Å². The van der Waals surface area contributed by atoms with E-state index in [9.17, 15) is 4.39 Å². The SMILES string of the molecule is COc1cccc(COc2cccc(Cl)c2CN)c1F. The maximum Gasteiger partial charge on any atom is 0.171 e. The number of hydrogen-bond donors (Lipinski definition) is 1. The molecule has 0 aliphatic carbocycles. The molecule has 2 aromatic rings. The molecule has 20 heavy (non-hydrogen) atoms. The summed E-state index contributed by atoms with van der Waals surface area (Å²) in [5, 5.41) is 0.538. The van der Waals surface area contributed by atoms with Gasteiger partial charge in [-0.2, -0.15) is 0 Å². The molecule has 0 bridgehead atoms. The van der Waals surface area contributed by atoms with E-state index in [2.05, 4.69) is 0 Å². The molecule has 0 fully saturated rings. The summed E-state index contributed by atoms with van der Waals surface area (Å²) in [5.74, 6) is 0.324. The van der Waals surface area contributed by atoms with E-state index in [1.54, 1.807) is 36.4 Å². The van der Waals surface area contributed by atoms with Crippen molar-refractivity contribution in [2.24, 2.45) is 5.73 Å². The van der Waals surface area contributed by atoms with Crippen LogP contribution in [0.1, 0.15) is 11.1 Å². The monoisotopic (exact) mass is 295 g/mol. The molecule has 2 aromatic carbocycles. The van der Waals surface area contributed by atoms with Crippen LogP contribution < -0.4 is 15.2 Å². The average molecular weight is 296 g/mol. The van der Waals surface area contributed by atoms with Gasteiger partial charge in [0.25, 0.3) is 0 Å². The summed E-state index contributed by atoms with van der Waals surface area (Å²) in [4.78, 5) is 0. The minimum atomic E-state index is -0.425. The van der Waals surface area contributed by atoms with Crippen LogP contribution in [0.4, 0.5) is 4.39 Å². The lowest BCUT2D eigenvalue weighted by molar-refractivity contribution is 0.293. The van der Waals surface area contributed by atoms with Crippen LogP contribution in [0.15, 0.2) is 36.4 Å². The fourth-order valence-corrected chi connectivity index (χ4v) is 2.10. The maximum absolute atomic E-state index is 14.0. The molecular formula is C15H15ClFNO2. The molecule has 0 aliphatic rings. The smallest absolute Gasteiger partial charge is 0.171 e. The van der Waals surface area contributed by atoms with E-state index in [1.165, 1.54) is 7.11 Å². The number of nitrogens with two attached hydrogens (primary N) is 1. The average Bonchev–Trinajstić information content (AvgIpc) is 2.46. The van der Waals surface area contributed by atoms with Crippen molar-refractivity contribution in [2.75, 3.05) is 7.11 Å². The van der Waals surface area contributed by atoms with Gasteiger partial charge in [-0.3, -0.25) is 0 Å². The van der Waals surface area contributed by atoms with Crippen LogP contribution in [0, 0.1) is 5.82 Å². The topological polar surface area (TPSA) is 44.5 Å². The van der Waals surface area contributed by atoms with Gasteiger partial charge in [0.1, 0.15) is 12.4 Å². The zero-order valence-corrected chi connectivity index (χ0v) is 11.8. The van der Waals surface area contributed by atoms with Crippen molar-refractivity contribution in [3.63, 3.8) is 0 Å². The first-order valence-corrected chi connectivity index (χ1v) is 6.46. The molecular weight excluding hydrogens is 281 g/mol. The van der Waals surface area contributed by atoms with Crippen molar-refractivity contribution in [1.29, 1.82) is 0 Å². The first-order chi connectivity index (χ1) is 9.67. The Balaban J connectivity index is 2.19. The molecule has 0 radical (unpaired) electrons. The summed E-state index contributed by atoms with van der Waals surface area (Å²) in [6.07, 6.45) is 0. The highest BCUT2D eigenvalue weighted by molar-refractivity contribution is 6.31. The zero-order valence-electron chi connectivity index (χ0n) is 11.0. The standard InChI is InChI=1S/C15H15ClFNO2/c1-19-14-7-2-4-10(15(14)17)9-20-13-6-3-5-12(16)11(13)8-18/h2-7H,8-9,18H2,1H3. The Morgan fingerprint density at radius 2 is 1.85 bits per heavy atom. The molecule has 2 rings (SSSR count). The molecule has 0 amide bonds. The van der Waals surface area contributed by atoms with Gasteiger partial charge in [0.2, 0.25) is 0 Å². The summed E-state index contributed by atoms with van der Waals surface area (Å²) >= 11 is 6.04. The van der Waals surface area contributed by atoms with E-state index in [0.29, 0.717) is 21.9 Å². The van der Waals surface area contributed by atoms with Crippen molar-refractivity contribution in [1.82, 2.24) is 0 Å². The zero-order chi connectivity index (χ0) is 14.5. The highest BCUT2D eigenvalue weighted by Gasteiger charge is 2.11. The van der Waals surface area contributed by atoms with Crippen LogP contribution >= 0.6 is 11.6 Å². The van der Waals surface area contributed by atoms with E-state index in [-0.39, 0.29) is 18.9 Å². The molecule has 0 saturated carbocycles. The van der Waals surface area contributed by atoms with Gasteiger partial charge < -0.3 is 15.2 Å². The van der Waals surface area contributed by atoms with E-state index < -0.39 is 5.82 Å². The van der Waals surface area contributed by atoms with E-state index in [0.717, 1.165) is 0 Å². The second-order valence-corrected chi connectivity index (χ2v) is 4.55. The molecule has 106 valence electrons. The number of methoxy groups -OCH3 is 1. The van der Waals surface area contributed by atoms with Gasteiger partial charge in [-0.25, -0.2) is 4.39 Å². The molecule has 0 aromatic heterocycles.